The lowest BCUT2D eigenvalue weighted by Gasteiger charge is -2.15. The van der Waals surface area contributed by atoms with Gasteiger partial charge in [0, 0.05) is 23.6 Å². The number of nitrogens with one attached hydrogen (secondary N) is 2. The number of alkyl halides is 3. The molecule has 0 saturated heterocycles. The average Bonchev–Trinajstić information content (AvgIpc) is 2.63. The van der Waals surface area contributed by atoms with Crippen LogP contribution in [0.2, 0.25) is 0 Å². The van der Waals surface area contributed by atoms with Crippen LogP contribution < -0.4 is 15.4 Å². The number of nitrogens with zero attached hydrogens (tertiary/aromatic N) is 2. The van der Waals surface area contributed by atoms with Gasteiger partial charge in [-0.15, -0.1) is 0 Å². The Kier molecular flexibility index (Phi) is 5.62. The largest absolute Gasteiger partial charge is 0.494 e. The molecule has 0 aliphatic carbocycles. The molecule has 0 spiro atoms. The fourth-order valence-corrected chi connectivity index (χ4v) is 2.37. The molecular weight excluding hydrogens is 376 g/mol. The maximum atomic E-state index is 13.3. The van der Waals surface area contributed by atoms with E-state index in [2.05, 4.69) is 20.6 Å². The lowest BCUT2D eigenvalue weighted by atomic mass is 10.2. The zero-order valence-electron chi connectivity index (χ0n) is 14.7. The SMILES string of the molecule is CCOc1cccc(Nc2nc(Nc3ccc(F)cc3)ncc2C(F)(F)F)c1. The van der Waals surface area contributed by atoms with Gasteiger partial charge in [0.25, 0.3) is 0 Å². The minimum absolute atomic E-state index is 0.0666. The van der Waals surface area contributed by atoms with Gasteiger partial charge in [-0.2, -0.15) is 18.2 Å². The van der Waals surface area contributed by atoms with Crippen molar-refractivity contribution < 1.29 is 22.3 Å². The van der Waals surface area contributed by atoms with Gasteiger partial charge in [-0.25, -0.2) is 9.37 Å². The van der Waals surface area contributed by atoms with E-state index < -0.39 is 23.4 Å². The van der Waals surface area contributed by atoms with Crippen LogP contribution in [0, 0.1) is 5.82 Å². The number of hydrogen-bond donors (Lipinski definition) is 2. The van der Waals surface area contributed by atoms with Gasteiger partial charge in [-0.1, -0.05) is 6.07 Å². The second-order valence-electron chi connectivity index (χ2n) is 5.67. The van der Waals surface area contributed by atoms with Gasteiger partial charge in [-0.3, -0.25) is 0 Å². The second-order valence-corrected chi connectivity index (χ2v) is 5.67. The predicted molar refractivity (Wildman–Crippen MR) is 97.6 cm³/mol. The first-order chi connectivity index (χ1) is 13.3. The lowest BCUT2D eigenvalue weighted by molar-refractivity contribution is -0.137. The summed E-state index contributed by atoms with van der Waals surface area (Å²) in [5.41, 5.74) is -0.202. The van der Waals surface area contributed by atoms with Crippen molar-refractivity contribution in [3.05, 3.63) is 66.1 Å². The Balaban J connectivity index is 1.92. The summed E-state index contributed by atoms with van der Waals surface area (Å²) >= 11 is 0. The Labute approximate surface area is 158 Å². The van der Waals surface area contributed by atoms with Crippen LogP contribution in [0.5, 0.6) is 5.75 Å². The normalized spacial score (nSPS) is 11.2. The van der Waals surface area contributed by atoms with Crippen LogP contribution in [0.25, 0.3) is 0 Å². The smallest absolute Gasteiger partial charge is 0.421 e. The molecule has 1 aromatic heterocycles. The van der Waals surface area contributed by atoms with E-state index >= 15 is 0 Å². The predicted octanol–water partition coefficient (Wildman–Crippen LogP) is 5.52. The third-order valence-corrected chi connectivity index (χ3v) is 3.60. The van der Waals surface area contributed by atoms with Crippen LogP contribution in [0.4, 0.5) is 40.7 Å². The molecule has 0 radical (unpaired) electrons. The fourth-order valence-electron chi connectivity index (χ4n) is 2.37. The van der Waals surface area contributed by atoms with Crippen LogP contribution in [0.1, 0.15) is 12.5 Å². The van der Waals surface area contributed by atoms with Crippen molar-refractivity contribution in [2.75, 3.05) is 17.2 Å². The molecule has 1 heterocycles. The summed E-state index contributed by atoms with van der Waals surface area (Å²) < 4.78 is 58.4. The molecule has 3 aromatic rings. The Hall–Kier alpha value is -3.36. The van der Waals surface area contributed by atoms with Gasteiger partial charge < -0.3 is 15.4 Å². The number of benzene rings is 2. The van der Waals surface area contributed by atoms with Gasteiger partial charge in [-0.05, 0) is 43.3 Å². The highest BCUT2D eigenvalue weighted by Crippen LogP contribution is 2.35. The number of anilines is 4. The molecule has 0 saturated carbocycles. The molecule has 2 N–H and O–H groups in total. The van der Waals surface area contributed by atoms with Gasteiger partial charge in [0.1, 0.15) is 22.9 Å². The van der Waals surface area contributed by atoms with E-state index in [0.29, 0.717) is 29.9 Å². The average molecular weight is 392 g/mol. The zero-order valence-corrected chi connectivity index (χ0v) is 14.7. The van der Waals surface area contributed by atoms with Crippen molar-refractivity contribution in [3.63, 3.8) is 0 Å². The van der Waals surface area contributed by atoms with E-state index in [9.17, 15) is 17.6 Å². The molecule has 0 fully saturated rings. The van der Waals surface area contributed by atoms with Crippen molar-refractivity contribution in [2.24, 2.45) is 0 Å². The van der Waals surface area contributed by atoms with Gasteiger partial charge in [0.05, 0.1) is 6.61 Å². The first-order valence-electron chi connectivity index (χ1n) is 8.32. The number of halogens is 4. The van der Waals surface area contributed by atoms with Gasteiger partial charge in [0.2, 0.25) is 5.95 Å². The van der Waals surface area contributed by atoms with Crippen LogP contribution in [-0.2, 0) is 6.18 Å². The number of aromatic nitrogens is 2. The molecule has 0 atom stereocenters. The van der Waals surface area contributed by atoms with Gasteiger partial charge in [0.15, 0.2) is 0 Å². The standard InChI is InChI=1S/C19H16F4N4O/c1-2-28-15-5-3-4-14(10-15)25-17-16(19(21,22)23)11-24-18(27-17)26-13-8-6-12(20)7-9-13/h3-11H,2H2,1H3,(H2,24,25,26,27). The fraction of sp³-hybridized carbons (Fsp3) is 0.158. The van der Waals surface area contributed by atoms with Crippen LogP contribution in [0.15, 0.2) is 54.7 Å². The Morgan fingerprint density at radius 2 is 1.75 bits per heavy atom. The number of ether oxygens (including phenoxy) is 1. The van der Waals surface area contributed by atoms with Crippen molar-refractivity contribution >= 4 is 23.1 Å². The Morgan fingerprint density at radius 1 is 1.00 bits per heavy atom. The molecule has 28 heavy (non-hydrogen) atoms. The van der Waals surface area contributed by atoms with Crippen LogP contribution >= 0.6 is 0 Å². The molecule has 0 bridgehead atoms. The molecule has 0 aliphatic rings. The summed E-state index contributed by atoms with van der Waals surface area (Å²) in [6, 6.07) is 11.8. The molecule has 0 unspecified atom stereocenters. The van der Waals surface area contributed by atoms with E-state index in [-0.39, 0.29) is 5.95 Å². The van der Waals surface area contributed by atoms with Gasteiger partial charge >= 0.3 is 6.18 Å². The van der Waals surface area contributed by atoms with E-state index in [4.69, 9.17) is 4.74 Å². The summed E-state index contributed by atoms with van der Waals surface area (Å²) in [5, 5.41) is 5.41. The topological polar surface area (TPSA) is 59.1 Å². The summed E-state index contributed by atoms with van der Waals surface area (Å²) in [4.78, 5) is 7.65. The highest BCUT2D eigenvalue weighted by molar-refractivity contribution is 5.63. The molecule has 5 nitrogen and oxygen atoms in total. The number of rotatable bonds is 6. The highest BCUT2D eigenvalue weighted by atomic mass is 19.4. The van der Waals surface area contributed by atoms with E-state index in [1.165, 1.54) is 24.3 Å². The second kappa shape index (κ2) is 8.12. The van der Waals surface area contributed by atoms with E-state index in [1.54, 1.807) is 31.2 Å². The van der Waals surface area contributed by atoms with E-state index in [0.717, 1.165) is 0 Å². The quantitative estimate of drug-likeness (QED) is 0.541. The van der Waals surface area contributed by atoms with E-state index in [1.807, 2.05) is 0 Å². The molecule has 3 rings (SSSR count). The maximum absolute atomic E-state index is 13.3. The van der Waals surface area contributed by atoms with Crippen LogP contribution in [0.3, 0.4) is 0 Å². The van der Waals surface area contributed by atoms with Crippen LogP contribution in [-0.4, -0.2) is 16.6 Å². The summed E-state index contributed by atoms with van der Waals surface area (Å²) in [6.45, 7) is 2.23. The van der Waals surface area contributed by atoms with Crippen molar-refractivity contribution in [1.29, 1.82) is 0 Å². The summed E-state index contributed by atoms with van der Waals surface area (Å²) in [5.74, 6) is -0.404. The Morgan fingerprint density at radius 3 is 2.43 bits per heavy atom. The first-order valence-corrected chi connectivity index (χ1v) is 8.32. The molecule has 146 valence electrons. The third kappa shape index (κ3) is 4.87. The molecule has 2 aromatic carbocycles. The minimum Gasteiger partial charge on any atom is -0.494 e. The first kappa shape index (κ1) is 19.4. The summed E-state index contributed by atoms with van der Waals surface area (Å²) in [7, 11) is 0. The van der Waals surface area contributed by atoms with Crippen molar-refractivity contribution in [3.8, 4) is 5.75 Å². The number of hydrogen-bond acceptors (Lipinski definition) is 5. The molecular formula is C19H16F4N4O. The maximum Gasteiger partial charge on any atom is 0.421 e. The third-order valence-electron chi connectivity index (χ3n) is 3.60. The zero-order chi connectivity index (χ0) is 20.1. The minimum atomic E-state index is -4.64. The molecule has 0 amide bonds. The van der Waals surface area contributed by atoms with Crippen molar-refractivity contribution in [1.82, 2.24) is 9.97 Å². The highest BCUT2D eigenvalue weighted by Gasteiger charge is 2.35. The lowest BCUT2D eigenvalue weighted by Crippen LogP contribution is -2.12. The molecule has 9 heteroatoms. The van der Waals surface area contributed by atoms with Crippen molar-refractivity contribution in [2.45, 2.75) is 13.1 Å². The monoisotopic (exact) mass is 392 g/mol. The Bertz CT molecular complexity index is 945. The molecule has 0 aliphatic heterocycles. The summed E-state index contributed by atoms with van der Waals surface area (Å²) in [6.07, 6.45) is -3.96.